The summed E-state index contributed by atoms with van der Waals surface area (Å²) in [6, 6.07) is 0.675. The molecule has 0 aliphatic heterocycles. The average Bonchev–Trinajstić information content (AvgIpc) is 2.98. The number of carboxylic acid groups (broad SMARTS) is 1. The predicted molar refractivity (Wildman–Crippen MR) is 78.5 cm³/mol. The van der Waals surface area contributed by atoms with E-state index < -0.39 is 11.3 Å². The highest BCUT2D eigenvalue weighted by molar-refractivity contribution is 6.26. The first-order valence-electron chi connectivity index (χ1n) is 6.05. The number of carbonyl (C=O) groups is 1. The molecule has 2 N–H and O–H groups in total. The summed E-state index contributed by atoms with van der Waals surface area (Å²) in [6.07, 6.45) is 6.15. The van der Waals surface area contributed by atoms with Gasteiger partial charge < -0.3 is 10.4 Å². The molecule has 0 heterocycles. The van der Waals surface area contributed by atoms with Crippen LogP contribution in [0, 0.1) is 0 Å². The Morgan fingerprint density at radius 2 is 2.00 bits per heavy atom. The van der Waals surface area contributed by atoms with E-state index in [2.05, 4.69) is 12.2 Å². The quantitative estimate of drug-likeness (QED) is 0.671. The summed E-state index contributed by atoms with van der Waals surface area (Å²) in [4.78, 5) is 11.2. The molecule has 1 aliphatic rings. The van der Waals surface area contributed by atoms with Crippen LogP contribution in [0.4, 0.5) is 0 Å². The van der Waals surface area contributed by atoms with E-state index in [9.17, 15) is 9.90 Å². The monoisotopic (exact) mass is 283 g/mol. The van der Waals surface area contributed by atoms with Crippen molar-refractivity contribution in [1.29, 1.82) is 0 Å². The van der Waals surface area contributed by atoms with Crippen molar-refractivity contribution in [3.05, 3.63) is 0 Å². The largest absolute Gasteiger partial charge is 0.481 e. The second-order valence-electron chi connectivity index (χ2n) is 4.95. The first-order valence-corrected chi connectivity index (χ1v) is 6.05. The van der Waals surface area contributed by atoms with Crippen LogP contribution in [-0.4, -0.2) is 31.5 Å². The van der Waals surface area contributed by atoms with E-state index in [1.807, 2.05) is 7.85 Å². The standard InChI is InChI=1S/C11H22BNO2.2ClH/c1-2-3-6-11(12,10(14)15)7-8-13-9-4-5-9;;/h9,13H,2-8,12H2,1H3,(H,14,15);2*1H. The number of nitrogens with one attached hydrogen (secondary N) is 1. The number of carboxylic acids is 1. The van der Waals surface area contributed by atoms with Crippen molar-refractivity contribution in [3.8, 4) is 0 Å². The highest BCUT2D eigenvalue weighted by Gasteiger charge is 2.32. The molecule has 6 heteroatoms. The molecule has 17 heavy (non-hydrogen) atoms. The zero-order valence-electron chi connectivity index (χ0n) is 10.7. The van der Waals surface area contributed by atoms with Gasteiger partial charge in [0, 0.05) is 11.4 Å². The molecule has 0 radical (unpaired) electrons. The van der Waals surface area contributed by atoms with Gasteiger partial charge in [0.1, 0.15) is 7.85 Å². The lowest BCUT2D eigenvalue weighted by Gasteiger charge is -2.24. The fourth-order valence-electron chi connectivity index (χ4n) is 1.75. The fourth-order valence-corrected chi connectivity index (χ4v) is 1.75. The molecule has 1 unspecified atom stereocenters. The molecule has 1 rings (SSSR count). The molecular formula is C11H24BCl2NO2. The molecule has 1 fully saturated rings. The zero-order chi connectivity index (χ0) is 11.3. The average molecular weight is 284 g/mol. The maximum atomic E-state index is 11.2. The van der Waals surface area contributed by atoms with E-state index in [1.165, 1.54) is 12.8 Å². The number of rotatable bonds is 8. The highest BCUT2D eigenvalue weighted by atomic mass is 35.5. The van der Waals surface area contributed by atoms with Gasteiger partial charge in [0.05, 0.1) is 0 Å². The van der Waals surface area contributed by atoms with Gasteiger partial charge in [-0.05, 0) is 32.2 Å². The van der Waals surface area contributed by atoms with Crippen molar-refractivity contribution < 1.29 is 9.90 Å². The minimum Gasteiger partial charge on any atom is -0.481 e. The van der Waals surface area contributed by atoms with Gasteiger partial charge in [-0.3, -0.25) is 4.79 Å². The van der Waals surface area contributed by atoms with Gasteiger partial charge in [0.25, 0.3) is 0 Å². The number of halogens is 2. The molecular weight excluding hydrogens is 260 g/mol. The van der Waals surface area contributed by atoms with Gasteiger partial charge in [0.15, 0.2) is 0 Å². The van der Waals surface area contributed by atoms with Crippen molar-refractivity contribution in [1.82, 2.24) is 5.32 Å². The molecule has 1 saturated carbocycles. The van der Waals surface area contributed by atoms with Crippen LogP contribution < -0.4 is 5.32 Å². The normalized spacial score (nSPS) is 17.5. The molecule has 3 nitrogen and oxygen atoms in total. The lowest BCUT2D eigenvalue weighted by molar-refractivity contribution is -0.141. The van der Waals surface area contributed by atoms with Crippen LogP contribution in [-0.2, 0) is 4.79 Å². The van der Waals surface area contributed by atoms with E-state index in [4.69, 9.17) is 0 Å². The molecule has 0 aromatic carbocycles. The van der Waals surface area contributed by atoms with Gasteiger partial charge in [-0.15, -0.1) is 24.8 Å². The Labute approximate surface area is 117 Å². The number of hydrogen-bond donors (Lipinski definition) is 2. The highest BCUT2D eigenvalue weighted by Crippen LogP contribution is 2.33. The van der Waals surface area contributed by atoms with Crippen LogP contribution in [0.3, 0.4) is 0 Å². The third-order valence-corrected chi connectivity index (χ3v) is 3.29. The molecule has 0 spiro atoms. The molecule has 0 aromatic heterocycles. The number of aliphatic carboxylic acids is 1. The topological polar surface area (TPSA) is 49.3 Å². The van der Waals surface area contributed by atoms with E-state index in [1.54, 1.807) is 0 Å². The number of hydrogen-bond acceptors (Lipinski definition) is 2. The Balaban J connectivity index is 0. The third kappa shape index (κ3) is 7.17. The first kappa shape index (κ1) is 19.4. The van der Waals surface area contributed by atoms with E-state index in [0.717, 1.165) is 32.2 Å². The van der Waals surface area contributed by atoms with Crippen LogP contribution in [0.25, 0.3) is 0 Å². The molecule has 0 saturated heterocycles. The third-order valence-electron chi connectivity index (χ3n) is 3.29. The lowest BCUT2D eigenvalue weighted by Crippen LogP contribution is -2.29. The number of unbranched alkanes of at least 4 members (excludes halogenated alkanes) is 1. The summed E-state index contributed by atoms with van der Waals surface area (Å²) >= 11 is 0. The molecule has 0 amide bonds. The zero-order valence-corrected chi connectivity index (χ0v) is 12.3. The molecule has 0 bridgehead atoms. The van der Waals surface area contributed by atoms with E-state index in [-0.39, 0.29) is 24.8 Å². The molecule has 1 aliphatic carbocycles. The Bertz CT molecular complexity index is 228. The van der Waals surface area contributed by atoms with Crippen molar-refractivity contribution in [2.45, 2.75) is 56.8 Å². The summed E-state index contributed by atoms with van der Waals surface area (Å²) in [6.45, 7) is 2.95. The van der Waals surface area contributed by atoms with Gasteiger partial charge in [-0.2, -0.15) is 0 Å². The van der Waals surface area contributed by atoms with Crippen molar-refractivity contribution in [2.75, 3.05) is 6.54 Å². The first-order chi connectivity index (χ1) is 7.08. The molecule has 1 atom stereocenters. The fraction of sp³-hybridized carbons (Fsp3) is 0.909. The summed E-state index contributed by atoms with van der Waals surface area (Å²) in [7, 11) is 1.87. The van der Waals surface area contributed by atoms with Gasteiger partial charge in [0.2, 0.25) is 0 Å². The Morgan fingerprint density at radius 3 is 2.41 bits per heavy atom. The summed E-state index contributed by atoms with van der Waals surface area (Å²) in [5, 5.41) is 12.1. The summed E-state index contributed by atoms with van der Waals surface area (Å²) < 4.78 is 0. The van der Waals surface area contributed by atoms with Crippen LogP contribution in [0.15, 0.2) is 0 Å². The molecule has 102 valence electrons. The van der Waals surface area contributed by atoms with Gasteiger partial charge in [-0.25, -0.2) is 0 Å². The second kappa shape index (κ2) is 9.06. The Hall–Kier alpha value is 0.0749. The SMILES string of the molecule is BC(CCCC)(CCNC1CC1)C(=O)O.Cl.Cl. The van der Waals surface area contributed by atoms with Gasteiger partial charge >= 0.3 is 5.97 Å². The maximum Gasteiger partial charge on any atom is 0.301 e. The van der Waals surface area contributed by atoms with Crippen molar-refractivity contribution in [2.24, 2.45) is 0 Å². The minimum atomic E-state index is -0.645. The van der Waals surface area contributed by atoms with Crippen LogP contribution >= 0.6 is 24.8 Å². The van der Waals surface area contributed by atoms with Crippen molar-refractivity contribution >= 4 is 38.6 Å². The lowest BCUT2D eigenvalue weighted by atomic mass is 9.63. The van der Waals surface area contributed by atoms with E-state index >= 15 is 0 Å². The summed E-state index contributed by atoms with van der Waals surface area (Å²) in [5.74, 6) is -0.645. The maximum absolute atomic E-state index is 11.2. The van der Waals surface area contributed by atoms with Gasteiger partial charge in [-0.1, -0.05) is 19.8 Å². The van der Waals surface area contributed by atoms with Crippen molar-refractivity contribution in [3.63, 3.8) is 0 Å². The molecule has 0 aromatic rings. The van der Waals surface area contributed by atoms with Crippen LogP contribution in [0.1, 0.15) is 45.4 Å². The minimum absolute atomic E-state index is 0. The Morgan fingerprint density at radius 1 is 1.41 bits per heavy atom. The summed E-state index contributed by atoms with van der Waals surface area (Å²) in [5.41, 5.74) is 0. The van der Waals surface area contributed by atoms with Crippen LogP contribution in [0.5, 0.6) is 0 Å². The Kier molecular flexibility index (Phi) is 10.4. The predicted octanol–water partition coefficient (Wildman–Crippen LogP) is 2.04. The smallest absolute Gasteiger partial charge is 0.301 e. The van der Waals surface area contributed by atoms with E-state index in [0.29, 0.717) is 6.04 Å². The van der Waals surface area contributed by atoms with Crippen LogP contribution in [0.2, 0.25) is 5.31 Å². The second-order valence-corrected chi connectivity index (χ2v) is 4.95.